The van der Waals surface area contributed by atoms with Gasteiger partial charge in [0.15, 0.2) is 0 Å². The molecule has 0 bridgehead atoms. The first-order chi connectivity index (χ1) is 12.3. The van der Waals surface area contributed by atoms with Crippen LogP contribution >= 0.6 is 11.6 Å². The lowest BCUT2D eigenvalue weighted by Crippen LogP contribution is -2.30. The number of nitro benzene ring substituents is 1. The summed E-state index contributed by atoms with van der Waals surface area (Å²) in [7, 11) is 0. The average molecular weight is 372 g/mol. The van der Waals surface area contributed by atoms with Gasteiger partial charge in [-0.25, -0.2) is 4.79 Å². The second-order valence-corrected chi connectivity index (χ2v) is 6.24. The first-order valence-corrected chi connectivity index (χ1v) is 8.07. The molecule has 0 radical (unpaired) electrons. The fourth-order valence-corrected chi connectivity index (χ4v) is 2.70. The highest BCUT2D eigenvalue weighted by molar-refractivity contribution is 6.32. The molecule has 1 fully saturated rings. The lowest BCUT2D eigenvalue weighted by atomic mass is 10.1. The van der Waals surface area contributed by atoms with E-state index < -0.39 is 16.9 Å². The van der Waals surface area contributed by atoms with Crippen molar-refractivity contribution in [2.24, 2.45) is 0 Å². The summed E-state index contributed by atoms with van der Waals surface area (Å²) in [6, 6.07) is 11.1. The Morgan fingerprint density at radius 1 is 1.19 bits per heavy atom. The smallest absolute Gasteiger partial charge is 0.303 e. The number of halogens is 1. The molecule has 8 heteroatoms. The summed E-state index contributed by atoms with van der Waals surface area (Å²) in [4.78, 5) is 36.0. The van der Waals surface area contributed by atoms with Gasteiger partial charge in [0, 0.05) is 6.07 Å². The van der Waals surface area contributed by atoms with Crippen molar-refractivity contribution in [2.45, 2.75) is 13.5 Å². The number of urea groups is 1. The van der Waals surface area contributed by atoms with Gasteiger partial charge in [-0.3, -0.25) is 19.8 Å². The van der Waals surface area contributed by atoms with Crippen LogP contribution in [0.3, 0.4) is 0 Å². The molecule has 132 valence electrons. The normalized spacial score (nSPS) is 15.5. The molecule has 0 aromatic heterocycles. The van der Waals surface area contributed by atoms with Gasteiger partial charge in [0.2, 0.25) is 0 Å². The number of hydrogen-bond acceptors (Lipinski definition) is 4. The quantitative estimate of drug-likeness (QED) is 0.384. The molecular formula is C18H14ClN3O4. The van der Waals surface area contributed by atoms with E-state index in [1.54, 1.807) is 0 Å². The third-order valence-corrected chi connectivity index (χ3v) is 4.22. The van der Waals surface area contributed by atoms with E-state index in [2.05, 4.69) is 5.32 Å². The lowest BCUT2D eigenvalue weighted by Gasteiger charge is -2.11. The lowest BCUT2D eigenvalue weighted by molar-refractivity contribution is -0.384. The molecule has 0 aliphatic carbocycles. The largest absolute Gasteiger partial charge is 0.329 e. The van der Waals surface area contributed by atoms with Crippen LogP contribution in [0.25, 0.3) is 6.08 Å². The molecule has 1 N–H and O–H groups in total. The Kier molecular flexibility index (Phi) is 4.73. The zero-order valence-electron chi connectivity index (χ0n) is 13.7. The highest BCUT2D eigenvalue weighted by Crippen LogP contribution is 2.26. The van der Waals surface area contributed by atoms with Crippen LogP contribution in [0.5, 0.6) is 0 Å². The number of aryl methyl sites for hydroxylation is 1. The maximum Gasteiger partial charge on any atom is 0.329 e. The number of benzene rings is 2. The van der Waals surface area contributed by atoms with Crippen molar-refractivity contribution < 1.29 is 14.5 Å². The average Bonchev–Trinajstić information content (AvgIpc) is 2.85. The molecule has 0 unspecified atom stereocenters. The van der Waals surface area contributed by atoms with Crippen molar-refractivity contribution in [3.63, 3.8) is 0 Å². The molecule has 2 aromatic rings. The van der Waals surface area contributed by atoms with E-state index in [-0.39, 0.29) is 23.0 Å². The number of carbonyl (C=O) groups is 2. The summed E-state index contributed by atoms with van der Waals surface area (Å²) in [6.07, 6.45) is 1.39. The predicted octanol–water partition coefficient (Wildman–Crippen LogP) is 3.65. The predicted molar refractivity (Wildman–Crippen MR) is 96.3 cm³/mol. The van der Waals surface area contributed by atoms with Crippen LogP contribution in [0.4, 0.5) is 10.5 Å². The van der Waals surface area contributed by atoms with Crippen LogP contribution in [0.15, 0.2) is 48.2 Å². The Balaban J connectivity index is 1.84. The van der Waals surface area contributed by atoms with Gasteiger partial charge in [-0.2, -0.15) is 0 Å². The number of nitrogens with zero attached hydrogens (tertiary/aromatic N) is 2. The molecule has 0 atom stereocenters. The molecule has 0 spiro atoms. The van der Waals surface area contributed by atoms with E-state index >= 15 is 0 Å². The summed E-state index contributed by atoms with van der Waals surface area (Å²) in [5.74, 6) is -0.492. The number of carbonyl (C=O) groups excluding carboxylic acids is 2. The van der Waals surface area contributed by atoms with Gasteiger partial charge in [0.05, 0.1) is 11.5 Å². The highest BCUT2D eigenvalue weighted by Gasteiger charge is 2.33. The molecule has 26 heavy (non-hydrogen) atoms. The molecule has 3 amide bonds. The summed E-state index contributed by atoms with van der Waals surface area (Å²) >= 11 is 5.78. The monoisotopic (exact) mass is 371 g/mol. The second-order valence-electron chi connectivity index (χ2n) is 5.83. The van der Waals surface area contributed by atoms with Crippen molar-refractivity contribution in [1.82, 2.24) is 10.2 Å². The van der Waals surface area contributed by atoms with E-state index in [1.165, 1.54) is 24.3 Å². The van der Waals surface area contributed by atoms with Crippen molar-refractivity contribution in [2.75, 3.05) is 0 Å². The topological polar surface area (TPSA) is 92.6 Å². The summed E-state index contributed by atoms with van der Waals surface area (Å²) in [5, 5.41) is 13.5. The minimum absolute atomic E-state index is 0.0000633. The molecule has 1 aliphatic rings. The van der Waals surface area contributed by atoms with Crippen molar-refractivity contribution in [3.05, 3.63) is 80.0 Å². The molecule has 1 saturated heterocycles. The van der Waals surface area contributed by atoms with Crippen molar-refractivity contribution >= 4 is 35.3 Å². The molecule has 0 saturated carbocycles. The van der Waals surface area contributed by atoms with E-state index in [1.807, 2.05) is 31.2 Å². The Labute approximate surface area is 154 Å². The van der Waals surface area contributed by atoms with Crippen LogP contribution in [0.2, 0.25) is 5.02 Å². The zero-order valence-corrected chi connectivity index (χ0v) is 14.5. The van der Waals surface area contributed by atoms with Crippen LogP contribution in [0, 0.1) is 17.0 Å². The van der Waals surface area contributed by atoms with E-state index in [9.17, 15) is 19.7 Å². The van der Waals surface area contributed by atoms with Gasteiger partial charge >= 0.3 is 6.03 Å². The van der Waals surface area contributed by atoms with E-state index in [0.29, 0.717) is 5.56 Å². The Bertz CT molecular complexity index is 938. The summed E-state index contributed by atoms with van der Waals surface area (Å²) < 4.78 is 0. The van der Waals surface area contributed by atoms with Crippen molar-refractivity contribution in [3.8, 4) is 0 Å². The standard InChI is InChI=1S/C18H14ClN3O4/c1-11-2-4-12(5-3-11)10-21-17(23)15(20-18(21)24)8-13-6-7-14(19)16(9-13)22(25)26/h2-9H,10H2,1H3,(H,20,24)/b15-8+. The summed E-state index contributed by atoms with van der Waals surface area (Å²) in [6.45, 7) is 2.09. The molecule has 7 nitrogen and oxygen atoms in total. The number of imide groups is 1. The van der Waals surface area contributed by atoms with Gasteiger partial charge in [0.25, 0.3) is 11.6 Å². The Morgan fingerprint density at radius 3 is 2.54 bits per heavy atom. The van der Waals surface area contributed by atoms with Gasteiger partial charge in [-0.15, -0.1) is 0 Å². The van der Waals surface area contributed by atoms with Gasteiger partial charge < -0.3 is 5.32 Å². The highest BCUT2D eigenvalue weighted by atomic mass is 35.5. The van der Waals surface area contributed by atoms with Crippen molar-refractivity contribution in [1.29, 1.82) is 0 Å². The number of rotatable bonds is 4. The second kappa shape index (κ2) is 6.97. The molecular weight excluding hydrogens is 358 g/mol. The van der Waals surface area contributed by atoms with Crippen LogP contribution in [-0.4, -0.2) is 21.8 Å². The minimum atomic E-state index is -0.608. The summed E-state index contributed by atoms with van der Waals surface area (Å²) in [5.41, 5.74) is 2.08. The van der Waals surface area contributed by atoms with Gasteiger partial charge in [-0.05, 0) is 30.2 Å². The van der Waals surface area contributed by atoms with Crippen LogP contribution in [0.1, 0.15) is 16.7 Å². The maximum absolute atomic E-state index is 12.5. The van der Waals surface area contributed by atoms with Gasteiger partial charge in [-0.1, -0.05) is 47.5 Å². The first kappa shape index (κ1) is 17.6. The SMILES string of the molecule is Cc1ccc(CN2C(=O)N/C(=C/c3ccc(Cl)c([N+](=O)[O-])c3)C2=O)cc1. The van der Waals surface area contributed by atoms with E-state index in [0.717, 1.165) is 16.0 Å². The minimum Gasteiger partial charge on any atom is -0.303 e. The molecule has 3 rings (SSSR count). The number of nitro groups is 1. The Morgan fingerprint density at radius 2 is 1.88 bits per heavy atom. The molecule has 2 aromatic carbocycles. The Hall–Kier alpha value is -3.19. The number of nitrogens with one attached hydrogen (secondary N) is 1. The first-order valence-electron chi connectivity index (χ1n) is 7.69. The third-order valence-electron chi connectivity index (χ3n) is 3.90. The number of amides is 3. The van der Waals surface area contributed by atoms with Crippen LogP contribution < -0.4 is 5.32 Å². The molecule has 1 heterocycles. The van der Waals surface area contributed by atoms with E-state index in [4.69, 9.17) is 11.6 Å². The van der Waals surface area contributed by atoms with Crippen LogP contribution in [-0.2, 0) is 11.3 Å². The zero-order chi connectivity index (χ0) is 18.8. The maximum atomic E-state index is 12.5. The molecule has 1 aliphatic heterocycles. The van der Waals surface area contributed by atoms with Gasteiger partial charge in [0.1, 0.15) is 10.7 Å². The fourth-order valence-electron chi connectivity index (χ4n) is 2.52. The third kappa shape index (κ3) is 3.57. The number of hydrogen-bond donors (Lipinski definition) is 1. The fraction of sp³-hybridized carbons (Fsp3) is 0.111.